The molecule has 0 unspecified atom stereocenters. The summed E-state index contributed by atoms with van der Waals surface area (Å²) in [7, 11) is 1.60. The minimum atomic E-state index is 0.515. The number of aromatic nitrogens is 1. The highest BCUT2D eigenvalue weighted by Gasteiger charge is 2.13. The first-order valence-corrected chi connectivity index (χ1v) is 9.25. The quantitative estimate of drug-likeness (QED) is 0.514. The number of hydrogen-bond donors (Lipinski definition) is 0. The van der Waals surface area contributed by atoms with Gasteiger partial charge in [-0.3, -0.25) is 0 Å². The molecule has 6 heteroatoms. The number of hydrogen-bond acceptors (Lipinski definition) is 5. The van der Waals surface area contributed by atoms with Crippen molar-refractivity contribution in [2.75, 3.05) is 13.7 Å². The molecular formula is C19H15BrN2O2S. The molecule has 0 N–H and O–H groups in total. The molecule has 0 bridgehead atoms. The lowest BCUT2D eigenvalue weighted by molar-refractivity contribution is 0.310. The van der Waals surface area contributed by atoms with E-state index >= 15 is 0 Å². The van der Waals surface area contributed by atoms with Crippen molar-refractivity contribution in [3.63, 3.8) is 0 Å². The van der Waals surface area contributed by atoms with Crippen LogP contribution in [0, 0.1) is 11.3 Å². The van der Waals surface area contributed by atoms with Gasteiger partial charge in [-0.25, -0.2) is 4.98 Å². The van der Waals surface area contributed by atoms with E-state index in [0.717, 1.165) is 20.3 Å². The van der Waals surface area contributed by atoms with Crippen molar-refractivity contribution in [1.29, 1.82) is 5.26 Å². The fourth-order valence-electron chi connectivity index (χ4n) is 2.43. The molecule has 4 nitrogen and oxygen atoms in total. The van der Waals surface area contributed by atoms with Gasteiger partial charge in [0.2, 0.25) is 0 Å². The molecule has 0 aliphatic rings. The lowest BCUT2D eigenvalue weighted by Gasteiger charge is -2.12. The van der Waals surface area contributed by atoms with Crippen LogP contribution in [0.5, 0.6) is 11.5 Å². The Hall–Kier alpha value is -2.36. The van der Waals surface area contributed by atoms with Crippen LogP contribution in [-0.2, 0) is 0 Å². The third-order valence-corrected chi connectivity index (χ3v) is 5.15. The zero-order chi connectivity index (χ0) is 17.8. The van der Waals surface area contributed by atoms with Crippen molar-refractivity contribution in [3.05, 3.63) is 51.4 Å². The number of thiazole rings is 1. The van der Waals surface area contributed by atoms with Crippen LogP contribution in [0.4, 0.5) is 0 Å². The molecule has 3 rings (SSSR count). The predicted molar refractivity (Wildman–Crippen MR) is 105 cm³/mol. The molecule has 0 spiro atoms. The van der Waals surface area contributed by atoms with Gasteiger partial charge in [0.1, 0.15) is 11.1 Å². The highest BCUT2D eigenvalue weighted by molar-refractivity contribution is 9.10. The van der Waals surface area contributed by atoms with E-state index in [0.29, 0.717) is 28.7 Å². The Kier molecular flexibility index (Phi) is 5.37. The smallest absolute Gasteiger partial charge is 0.174 e. The summed E-state index contributed by atoms with van der Waals surface area (Å²) in [5.74, 6) is 1.27. The molecule has 0 aliphatic carbocycles. The topological polar surface area (TPSA) is 55.1 Å². The second-order valence-electron chi connectivity index (χ2n) is 5.12. The van der Waals surface area contributed by atoms with Gasteiger partial charge < -0.3 is 9.47 Å². The summed E-state index contributed by atoms with van der Waals surface area (Å²) in [6.45, 7) is 2.44. The first-order valence-electron chi connectivity index (χ1n) is 7.64. The van der Waals surface area contributed by atoms with Crippen LogP contribution in [0.15, 0.2) is 40.9 Å². The molecule has 3 aromatic rings. The molecule has 126 valence electrons. The fraction of sp³-hybridized carbons (Fsp3) is 0.158. The summed E-state index contributed by atoms with van der Waals surface area (Å²) >= 11 is 5.00. The van der Waals surface area contributed by atoms with Gasteiger partial charge in [0.05, 0.1) is 34.0 Å². The molecule has 1 heterocycles. The van der Waals surface area contributed by atoms with Gasteiger partial charge in [0, 0.05) is 0 Å². The number of halogens is 1. The van der Waals surface area contributed by atoms with Crippen molar-refractivity contribution in [2.45, 2.75) is 6.92 Å². The molecule has 0 fully saturated rings. The average molecular weight is 415 g/mol. The average Bonchev–Trinajstić information content (AvgIpc) is 3.03. The summed E-state index contributed by atoms with van der Waals surface area (Å²) in [6.07, 6.45) is 1.81. The van der Waals surface area contributed by atoms with Crippen molar-refractivity contribution >= 4 is 49.1 Å². The minimum absolute atomic E-state index is 0.515. The Labute approximate surface area is 158 Å². The molecule has 1 aromatic heterocycles. The third kappa shape index (κ3) is 3.68. The number of para-hydroxylation sites is 1. The first-order chi connectivity index (χ1) is 12.2. The van der Waals surface area contributed by atoms with E-state index in [9.17, 15) is 5.26 Å². The zero-order valence-corrected chi connectivity index (χ0v) is 16.1. The maximum atomic E-state index is 9.59. The second kappa shape index (κ2) is 7.68. The number of fused-ring (bicyclic) bond motifs is 1. The van der Waals surface area contributed by atoms with Gasteiger partial charge in [0.25, 0.3) is 0 Å². The summed E-state index contributed by atoms with van der Waals surface area (Å²) < 4.78 is 12.8. The molecule has 0 amide bonds. The minimum Gasteiger partial charge on any atom is -0.492 e. The van der Waals surface area contributed by atoms with Gasteiger partial charge in [-0.1, -0.05) is 12.1 Å². The number of rotatable bonds is 5. The summed E-state index contributed by atoms with van der Waals surface area (Å²) in [5.41, 5.74) is 2.25. The molecule has 0 saturated carbocycles. The highest BCUT2D eigenvalue weighted by Crippen LogP contribution is 2.38. The largest absolute Gasteiger partial charge is 0.492 e. The van der Waals surface area contributed by atoms with Gasteiger partial charge in [0.15, 0.2) is 11.5 Å². The first kappa shape index (κ1) is 17.5. The van der Waals surface area contributed by atoms with Crippen LogP contribution in [-0.4, -0.2) is 18.7 Å². The van der Waals surface area contributed by atoms with E-state index in [4.69, 9.17) is 9.47 Å². The van der Waals surface area contributed by atoms with Crippen molar-refractivity contribution in [3.8, 4) is 17.6 Å². The van der Waals surface area contributed by atoms with Crippen molar-refractivity contribution in [2.24, 2.45) is 0 Å². The van der Waals surface area contributed by atoms with Crippen LogP contribution < -0.4 is 9.47 Å². The number of nitrogens with zero attached hydrogens (tertiary/aromatic N) is 2. The molecule has 25 heavy (non-hydrogen) atoms. The predicted octanol–water partition coefficient (Wildman–Crippen LogP) is 5.53. The van der Waals surface area contributed by atoms with E-state index in [1.807, 2.05) is 49.4 Å². The van der Waals surface area contributed by atoms with Gasteiger partial charge in [-0.15, -0.1) is 11.3 Å². The lowest BCUT2D eigenvalue weighted by atomic mass is 10.1. The molecule has 0 radical (unpaired) electrons. The van der Waals surface area contributed by atoms with Gasteiger partial charge in [-0.2, -0.15) is 5.26 Å². The SMILES string of the molecule is CCOc1cc(/C=C(/C#N)c2nc3ccccc3s2)cc(Br)c1OC. The molecule has 0 aliphatic heterocycles. The van der Waals surface area contributed by atoms with Crippen molar-refractivity contribution < 1.29 is 9.47 Å². The standard InChI is InChI=1S/C19H15BrN2O2S/c1-3-24-16-10-12(9-14(20)18(16)23-2)8-13(11-21)19-22-15-6-4-5-7-17(15)25-19/h4-10H,3H2,1-2H3/b13-8-. The number of benzene rings is 2. The Balaban J connectivity index is 2.06. The maximum absolute atomic E-state index is 9.59. The normalized spacial score (nSPS) is 11.4. The van der Waals surface area contributed by atoms with Gasteiger partial charge >= 0.3 is 0 Å². The Bertz CT molecular complexity index is 956. The summed E-state index contributed by atoms with van der Waals surface area (Å²) in [6, 6.07) is 13.9. The summed E-state index contributed by atoms with van der Waals surface area (Å²) in [4.78, 5) is 4.56. The third-order valence-electron chi connectivity index (χ3n) is 3.49. The van der Waals surface area contributed by atoms with E-state index < -0.39 is 0 Å². The maximum Gasteiger partial charge on any atom is 0.174 e. The van der Waals surface area contributed by atoms with Crippen LogP contribution in [0.25, 0.3) is 21.9 Å². The lowest BCUT2D eigenvalue weighted by Crippen LogP contribution is -1.96. The molecular weight excluding hydrogens is 400 g/mol. The van der Waals surface area contributed by atoms with E-state index in [1.165, 1.54) is 11.3 Å². The second-order valence-corrected chi connectivity index (χ2v) is 7.01. The Morgan fingerprint density at radius 2 is 2.16 bits per heavy atom. The molecule has 0 atom stereocenters. The van der Waals surface area contributed by atoms with Gasteiger partial charge in [-0.05, 0) is 58.8 Å². The summed E-state index contributed by atoms with van der Waals surface area (Å²) in [5, 5.41) is 10.3. The molecule has 0 saturated heterocycles. The van der Waals surface area contributed by atoms with Crippen LogP contribution >= 0.6 is 27.3 Å². The van der Waals surface area contributed by atoms with Crippen LogP contribution in [0.1, 0.15) is 17.5 Å². The Morgan fingerprint density at radius 1 is 1.36 bits per heavy atom. The molecule has 2 aromatic carbocycles. The van der Waals surface area contributed by atoms with Crippen LogP contribution in [0.2, 0.25) is 0 Å². The van der Waals surface area contributed by atoms with E-state index in [-0.39, 0.29) is 0 Å². The van der Waals surface area contributed by atoms with E-state index in [1.54, 1.807) is 7.11 Å². The number of allylic oxidation sites excluding steroid dienone is 1. The highest BCUT2D eigenvalue weighted by atomic mass is 79.9. The van der Waals surface area contributed by atoms with Crippen molar-refractivity contribution in [1.82, 2.24) is 4.98 Å². The Morgan fingerprint density at radius 3 is 2.84 bits per heavy atom. The number of ether oxygens (including phenoxy) is 2. The zero-order valence-electron chi connectivity index (χ0n) is 13.7. The van der Waals surface area contributed by atoms with E-state index in [2.05, 4.69) is 27.0 Å². The number of nitriles is 1. The number of methoxy groups -OCH3 is 1. The van der Waals surface area contributed by atoms with Crippen LogP contribution in [0.3, 0.4) is 0 Å². The monoisotopic (exact) mass is 414 g/mol. The fourth-order valence-corrected chi connectivity index (χ4v) is 3.98.